The lowest BCUT2D eigenvalue weighted by Gasteiger charge is -2.31. The number of aromatic nitrogens is 2. The lowest BCUT2D eigenvalue weighted by Crippen LogP contribution is -2.34. The summed E-state index contributed by atoms with van der Waals surface area (Å²) in [6.07, 6.45) is 6.78. The van der Waals surface area contributed by atoms with E-state index in [1.165, 1.54) is 24.1 Å². The van der Waals surface area contributed by atoms with E-state index in [1.807, 2.05) is 13.1 Å². The van der Waals surface area contributed by atoms with Crippen LogP contribution in [0.25, 0.3) is 0 Å². The summed E-state index contributed by atoms with van der Waals surface area (Å²) < 4.78 is 1.78. The van der Waals surface area contributed by atoms with Gasteiger partial charge in [-0.25, -0.2) is 4.79 Å². The Bertz CT molecular complexity index is 682. The number of carbonyl (C=O) groups excluding carboxylic acids is 1. The number of nitrogens with zero attached hydrogens (tertiary/aromatic N) is 3. The minimum Gasteiger partial charge on any atom is -0.371 e. The first-order valence-corrected chi connectivity index (χ1v) is 8.66. The molecule has 0 saturated heterocycles. The molecule has 0 bridgehead atoms. The van der Waals surface area contributed by atoms with Crippen molar-refractivity contribution in [3.05, 3.63) is 42.2 Å². The summed E-state index contributed by atoms with van der Waals surface area (Å²) >= 11 is 0. The van der Waals surface area contributed by atoms with Crippen molar-refractivity contribution < 1.29 is 4.79 Å². The van der Waals surface area contributed by atoms with Crippen molar-refractivity contribution in [2.24, 2.45) is 0 Å². The Kier molecular flexibility index (Phi) is 5.36. The Labute approximate surface area is 142 Å². The maximum absolute atomic E-state index is 11.9. The second-order valence-electron chi connectivity index (χ2n) is 6.04. The standard InChI is InChI=1S/C18H25N5O/c1-2-23-14-16(13-20-23)21-18(24)19-10-6-12-22-11-5-8-15-7-3-4-9-17(15)22/h3-4,7,9,13-14H,2,5-6,8,10-12H2,1H3,(H2,19,21,24). The van der Waals surface area contributed by atoms with Crippen molar-refractivity contribution in [1.29, 1.82) is 0 Å². The van der Waals surface area contributed by atoms with Gasteiger partial charge in [-0.2, -0.15) is 5.10 Å². The van der Waals surface area contributed by atoms with Gasteiger partial charge in [-0.3, -0.25) is 4.68 Å². The molecule has 6 nitrogen and oxygen atoms in total. The topological polar surface area (TPSA) is 62.2 Å². The number of anilines is 2. The molecular formula is C18H25N5O. The molecule has 3 rings (SSSR count). The van der Waals surface area contributed by atoms with Gasteiger partial charge in [0.1, 0.15) is 0 Å². The molecule has 0 radical (unpaired) electrons. The molecule has 2 N–H and O–H groups in total. The van der Waals surface area contributed by atoms with Crippen LogP contribution in [0, 0.1) is 0 Å². The van der Waals surface area contributed by atoms with Crippen LogP contribution in [0.4, 0.5) is 16.2 Å². The van der Waals surface area contributed by atoms with Gasteiger partial charge in [0.15, 0.2) is 0 Å². The number of hydrogen-bond donors (Lipinski definition) is 2. The zero-order valence-electron chi connectivity index (χ0n) is 14.2. The van der Waals surface area contributed by atoms with Crippen molar-refractivity contribution in [2.45, 2.75) is 32.7 Å². The minimum absolute atomic E-state index is 0.176. The van der Waals surface area contributed by atoms with E-state index in [-0.39, 0.29) is 6.03 Å². The molecule has 6 heteroatoms. The fourth-order valence-corrected chi connectivity index (χ4v) is 3.09. The summed E-state index contributed by atoms with van der Waals surface area (Å²) in [5, 5.41) is 9.85. The van der Waals surface area contributed by atoms with E-state index in [0.717, 1.165) is 31.7 Å². The van der Waals surface area contributed by atoms with Crippen LogP contribution in [0.1, 0.15) is 25.3 Å². The predicted octanol–water partition coefficient (Wildman–Crippen LogP) is 2.87. The number of hydrogen-bond acceptors (Lipinski definition) is 3. The maximum Gasteiger partial charge on any atom is 0.319 e. The number of nitrogens with one attached hydrogen (secondary N) is 2. The monoisotopic (exact) mass is 327 g/mol. The number of para-hydroxylation sites is 1. The maximum atomic E-state index is 11.9. The van der Waals surface area contributed by atoms with Gasteiger partial charge < -0.3 is 15.5 Å². The highest BCUT2D eigenvalue weighted by molar-refractivity contribution is 5.88. The summed E-state index contributed by atoms with van der Waals surface area (Å²) in [4.78, 5) is 14.3. The molecule has 24 heavy (non-hydrogen) atoms. The average molecular weight is 327 g/mol. The van der Waals surface area contributed by atoms with Crippen LogP contribution >= 0.6 is 0 Å². The van der Waals surface area contributed by atoms with Gasteiger partial charge in [0.05, 0.1) is 11.9 Å². The number of aryl methyl sites for hydroxylation is 2. The van der Waals surface area contributed by atoms with Crippen LogP contribution in [-0.2, 0) is 13.0 Å². The zero-order valence-corrected chi connectivity index (χ0v) is 14.2. The molecule has 2 amide bonds. The molecule has 1 aliphatic heterocycles. The SMILES string of the molecule is CCn1cc(NC(=O)NCCCN2CCCc3ccccc32)cn1. The van der Waals surface area contributed by atoms with Crippen LogP contribution in [-0.4, -0.2) is 35.4 Å². The highest BCUT2D eigenvalue weighted by atomic mass is 16.2. The Hall–Kier alpha value is -2.50. The van der Waals surface area contributed by atoms with Crippen molar-refractivity contribution in [3.63, 3.8) is 0 Å². The molecule has 0 spiro atoms. The van der Waals surface area contributed by atoms with Gasteiger partial charge in [0, 0.05) is 38.1 Å². The Morgan fingerprint density at radius 2 is 2.21 bits per heavy atom. The summed E-state index contributed by atoms with van der Waals surface area (Å²) in [5.74, 6) is 0. The lowest BCUT2D eigenvalue weighted by atomic mass is 10.0. The van der Waals surface area contributed by atoms with Crippen molar-refractivity contribution in [2.75, 3.05) is 29.9 Å². The molecule has 0 atom stereocenters. The van der Waals surface area contributed by atoms with Crippen LogP contribution in [0.2, 0.25) is 0 Å². The number of benzene rings is 1. The molecule has 1 aromatic heterocycles. The summed E-state index contributed by atoms with van der Waals surface area (Å²) in [6, 6.07) is 8.43. The number of urea groups is 1. The quantitative estimate of drug-likeness (QED) is 0.802. The van der Waals surface area contributed by atoms with Crippen molar-refractivity contribution in [1.82, 2.24) is 15.1 Å². The highest BCUT2D eigenvalue weighted by Crippen LogP contribution is 2.26. The minimum atomic E-state index is -0.176. The van der Waals surface area contributed by atoms with Gasteiger partial charge >= 0.3 is 6.03 Å². The van der Waals surface area contributed by atoms with Crippen LogP contribution < -0.4 is 15.5 Å². The average Bonchev–Trinajstić information content (AvgIpc) is 3.06. The lowest BCUT2D eigenvalue weighted by molar-refractivity contribution is 0.252. The summed E-state index contributed by atoms with van der Waals surface area (Å²) in [6.45, 7) is 5.52. The van der Waals surface area contributed by atoms with E-state index in [4.69, 9.17) is 0 Å². The molecule has 0 aliphatic carbocycles. The Balaban J connectivity index is 1.40. The Morgan fingerprint density at radius 3 is 3.04 bits per heavy atom. The van der Waals surface area contributed by atoms with E-state index in [9.17, 15) is 4.79 Å². The molecule has 2 heterocycles. The number of amides is 2. The first kappa shape index (κ1) is 16.4. The number of carbonyl (C=O) groups is 1. The molecule has 0 fully saturated rings. The largest absolute Gasteiger partial charge is 0.371 e. The Morgan fingerprint density at radius 1 is 1.33 bits per heavy atom. The van der Waals surface area contributed by atoms with E-state index < -0.39 is 0 Å². The van der Waals surface area contributed by atoms with Crippen LogP contribution in [0.5, 0.6) is 0 Å². The second-order valence-corrected chi connectivity index (χ2v) is 6.04. The molecule has 0 saturated carbocycles. The normalized spacial score (nSPS) is 13.5. The molecule has 1 aliphatic rings. The zero-order chi connectivity index (χ0) is 16.8. The van der Waals surface area contributed by atoms with Gasteiger partial charge in [-0.15, -0.1) is 0 Å². The third-order valence-electron chi connectivity index (χ3n) is 4.31. The third kappa shape index (κ3) is 4.07. The van der Waals surface area contributed by atoms with E-state index in [2.05, 4.69) is 44.9 Å². The summed E-state index contributed by atoms with van der Waals surface area (Å²) in [7, 11) is 0. The van der Waals surface area contributed by atoms with E-state index in [0.29, 0.717) is 6.54 Å². The van der Waals surface area contributed by atoms with E-state index in [1.54, 1.807) is 10.9 Å². The molecule has 0 unspecified atom stereocenters. The molecular weight excluding hydrogens is 302 g/mol. The highest BCUT2D eigenvalue weighted by Gasteiger charge is 2.15. The van der Waals surface area contributed by atoms with Gasteiger partial charge in [0.2, 0.25) is 0 Å². The van der Waals surface area contributed by atoms with E-state index >= 15 is 0 Å². The molecule has 2 aromatic rings. The number of fused-ring (bicyclic) bond motifs is 1. The van der Waals surface area contributed by atoms with Gasteiger partial charge in [-0.1, -0.05) is 18.2 Å². The van der Waals surface area contributed by atoms with Crippen LogP contribution in [0.15, 0.2) is 36.7 Å². The third-order valence-corrected chi connectivity index (χ3v) is 4.31. The van der Waals surface area contributed by atoms with Crippen molar-refractivity contribution in [3.8, 4) is 0 Å². The summed E-state index contributed by atoms with van der Waals surface area (Å²) in [5.41, 5.74) is 3.50. The fraction of sp³-hybridized carbons (Fsp3) is 0.444. The smallest absolute Gasteiger partial charge is 0.319 e. The molecule has 1 aromatic carbocycles. The first-order chi connectivity index (χ1) is 11.8. The molecule has 128 valence electrons. The first-order valence-electron chi connectivity index (χ1n) is 8.66. The second kappa shape index (κ2) is 7.86. The fourth-order valence-electron chi connectivity index (χ4n) is 3.09. The van der Waals surface area contributed by atoms with Gasteiger partial charge in [0.25, 0.3) is 0 Å². The predicted molar refractivity (Wildman–Crippen MR) is 96.5 cm³/mol. The number of rotatable bonds is 6. The van der Waals surface area contributed by atoms with Crippen molar-refractivity contribution >= 4 is 17.4 Å². The van der Waals surface area contributed by atoms with Gasteiger partial charge in [-0.05, 0) is 37.8 Å². The van der Waals surface area contributed by atoms with Crippen LogP contribution in [0.3, 0.4) is 0 Å².